The zero-order chi connectivity index (χ0) is 15.1. The average molecular weight is 287 g/mol. The maximum absolute atomic E-state index is 11.2. The highest BCUT2D eigenvalue weighted by molar-refractivity contribution is 5.76. The fourth-order valence-electron chi connectivity index (χ4n) is 2.62. The lowest BCUT2D eigenvalue weighted by Gasteiger charge is -2.30. The van der Waals surface area contributed by atoms with Crippen LogP contribution in [0.25, 0.3) is 0 Å². The minimum atomic E-state index is -0.190. The number of primary amides is 1. The zero-order valence-corrected chi connectivity index (χ0v) is 12.1. The molecule has 1 saturated heterocycles. The molecule has 1 amide bonds. The Morgan fingerprint density at radius 3 is 3.14 bits per heavy atom. The van der Waals surface area contributed by atoms with Gasteiger partial charge in [0.05, 0.1) is 24.2 Å². The molecule has 1 unspecified atom stereocenters. The van der Waals surface area contributed by atoms with Gasteiger partial charge >= 0.3 is 0 Å². The van der Waals surface area contributed by atoms with Crippen LogP contribution in [0.1, 0.15) is 24.8 Å². The number of hydrogen-bond donors (Lipinski definition) is 1. The van der Waals surface area contributed by atoms with Crippen LogP contribution in [-0.4, -0.2) is 37.0 Å². The Hall–Kier alpha value is -2.06. The number of hydrogen-bond acceptors (Lipinski definition) is 4. The van der Waals surface area contributed by atoms with Gasteiger partial charge in [-0.25, -0.2) is 0 Å². The van der Waals surface area contributed by atoms with Gasteiger partial charge in [-0.1, -0.05) is 6.07 Å². The summed E-state index contributed by atoms with van der Waals surface area (Å²) in [5, 5.41) is 8.82. The van der Waals surface area contributed by atoms with Gasteiger partial charge in [0.2, 0.25) is 5.91 Å². The molecule has 0 saturated carbocycles. The summed E-state index contributed by atoms with van der Waals surface area (Å²) in [6.45, 7) is 3.29. The number of amides is 1. The molecule has 2 rings (SSSR count). The van der Waals surface area contributed by atoms with Gasteiger partial charge in [-0.2, -0.15) is 5.26 Å². The topological polar surface area (TPSA) is 79.3 Å². The Labute approximate surface area is 125 Å². The molecule has 1 aliphatic heterocycles. The first-order valence-electron chi connectivity index (χ1n) is 7.33. The van der Waals surface area contributed by atoms with Gasteiger partial charge < -0.3 is 15.4 Å². The molecule has 1 fully saturated rings. The van der Waals surface area contributed by atoms with Crippen LogP contribution in [0.2, 0.25) is 0 Å². The van der Waals surface area contributed by atoms with Crippen molar-refractivity contribution < 1.29 is 9.53 Å². The number of nitrogens with two attached hydrogens (primary N) is 1. The van der Waals surface area contributed by atoms with Gasteiger partial charge in [0, 0.05) is 13.1 Å². The predicted octanol–water partition coefficient (Wildman–Crippen LogP) is 1.52. The average Bonchev–Trinajstić information content (AvgIpc) is 2.52. The van der Waals surface area contributed by atoms with E-state index in [2.05, 4.69) is 11.0 Å². The molecule has 2 N–H and O–H groups in total. The Bertz CT molecular complexity index is 524. The molecule has 0 bridgehead atoms. The van der Waals surface area contributed by atoms with Crippen LogP contribution in [0.3, 0.4) is 0 Å². The standard InChI is InChI=1S/C16H21N3O2/c17-11-13-4-1-6-15(10-13)21-9-3-8-19-7-2-5-14(12-19)16(18)20/h1,4,6,10,14H,2-3,5,7-9,12H2,(H2,18,20). The first kappa shape index (κ1) is 15.3. The number of piperidine rings is 1. The van der Waals surface area contributed by atoms with Crippen molar-refractivity contribution in [2.45, 2.75) is 19.3 Å². The van der Waals surface area contributed by atoms with Gasteiger partial charge in [-0.15, -0.1) is 0 Å². The summed E-state index contributed by atoms with van der Waals surface area (Å²) >= 11 is 0. The molecule has 112 valence electrons. The SMILES string of the molecule is N#Cc1cccc(OCCCN2CCCC(C(N)=O)C2)c1. The van der Waals surface area contributed by atoms with E-state index >= 15 is 0 Å². The molecule has 1 atom stereocenters. The van der Waals surface area contributed by atoms with Crippen LogP contribution in [-0.2, 0) is 4.79 Å². The maximum Gasteiger partial charge on any atom is 0.221 e. The summed E-state index contributed by atoms with van der Waals surface area (Å²) in [6.07, 6.45) is 2.82. The van der Waals surface area contributed by atoms with Gasteiger partial charge in [-0.3, -0.25) is 4.79 Å². The quantitative estimate of drug-likeness (QED) is 0.805. The second-order valence-corrected chi connectivity index (χ2v) is 5.38. The molecule has 0 aromatic heterocycles. The van der Waals surface area contributed by atoms with Crippen molar-refractivity contribution in [3.63, 3.8) is 0 Å². The molecule has 1 aromatic rings. The molecular formula is C16H21N3O2. The summed E-state index contributed by atoms with van der Waals surface area (Å²) in [7, 11) is 0. The van der Waals surface area contributed by atoms with E-state index in [0.29, 0.717) is 12.2 Å². The van der Waals surface area contributed by atoms with E-state index < -0.39 is 0 Å². The number of benzene rings is 1. The van der Waals surface area contributed by atoms with Crippen LogP contribution in [0.5, 0.6) is 5.75 Å². The smallest absolute Gasteiger partial charge is 0.221 e. The maximum atomic E-state index is 11.2. The van der Waals surface area contributed by atoms with Crippen LogP contribution in [0.15, 0.2) is 24.3 Å². The van der Waals surface area contributed by atoms with Crippen molar-refractivity contribution in [3.8, 4) is 11.8 Å². The fraction of sp³-hybridized carbons (Fsp3) is 0.500. The molecule has 0 aliphatic carbocycles. The van der Waals surface area contributed by atoms with E-state index in [9.17, 15) is 4.79 Å². The van der Waals surface area contributed by atoms with Crippen molar-refractivity contribution in [2.75, 3.05) is 26.2 Å². The number of carbonyl (C=O) groups excluding carboxylic acids is 1. The summed E-state index contributed by atoms with van der Waals surface area (Å²) in [6, 6.07) is 9.26. The summed E-state index contributed by atoms with van der Waals surface area (Å²) in [4.78, 5) is 13.5. The lowest BCUT2D eigenvalue weighted by molar-refractivity contribution is -0.123. The number of rotatable bonds is 6. The first-order chi connectivity index (χ1) is 10.2. The lowest BCUT2D eigenvalue weighted by atomic mass is 9.97. The molecule has 21 heavy (non-hydrogen) atoms. The summed E-state index contributed by atoms with van der Waals surface area (Å²) in [5.74, 6) is 0.527. The number of likely N-dealkylation sites (tertiary alicyclic amines) is 1. The van der Waals surface area contributed by atoms with E-state index in [1.54, 1.807) is 12.1 Å². The second-order valence-electron chi connectivity index (χ2n) is 5.38. The monoisotopic (exact) mass is 287 g/mol. The van der Waals surface area contributed by atoms with Gasteiger partial charge in [0.15, 0.2) is 0 Å². The van der Waals surface area contributed by atoms with Gasteiger partial charge in [-0.05, 0) is 44.0 Å². The largest absolute Gasteiger partial charge is 0.494 e. The van der Waals surface area contributed by atoms with Gasteiger partial charge in [0.1, 0.15) is 5.75 Å². The number of carbonyl (C=O) groups is 1. The Morgan fingerprint density at radius 2 is 2.38 bits per heavy atom. The van der Waals surface area contributed by atoms with Crippen LogP contribution >= 0.6 is 0 Å². The normalized spacial score (nSPS) is 18.9. The van der Waals surface area contributed by atoms with E-state index in [-0.39, 0.29) is 11.8 Å². The molecule has 0 radical (unpaired) electrons. The van der Waals surface area contributed by atoms with E-state index in [4.69, 9.17) is 15.7 Å². The third-order valence-electron chi connectivity index (χ3n) is 3.76. The molecule has 1 heterocycles. The third-order valence-corrected chi connectivity index (χ3v) is 3.76. The van der Waals surface area contributed by atoms with E-state index in [0.717, 1.165) is 44.6 Å². The Morgan fingerprint density at radius 1 is 1.52 bits per heavy atom. The number of nitriles is 1. The highest BCUT2D eigenvalue weighted by Gasteiger charge is 2.23. The second kappa shape index (κ2) is 7.65. The molecule has 5 heteroatoms. The zero-order valence-electron chi connectivity index (χ0n) is 12.1. The Balaban J connectivity index is 1.69. The van der Waals surface area contributed by atoms with Crippen molar-refractivity contribution >= 4 is 5.91 Å². The van der Waals surface area contributed by atoms with Crippen molar-refractivity contribution in [2.24, 2.45) is 11.7 Å². The van der Waals surface area contributed by atoms with Crippen molar-refractivity contribution in [3.05, 3.63) is 29.8 Å². The van der Waals surface area contributed by atoms with Crippen molar-refractivity contribution in [1.82, 2.24) is 4.90 Å². The van der Waals surface area contributed by atoms with Crippen LogP contribution < -0.4 is 10.5 Å². The molecular weight excluding hydrogens is 266 g/mol. The lowest BCUT2D eigenvalue weighted by Crippen LogP contribution is -2.41. The summed E-state index contributed by atoms with van der Waals surface area (Å²) < 4.78 is 5.64. The van der Waals surface area contributed by atoms with E-state index in [1.165, 1.54) is 0 Å². The number of ether oxygens (including phenoxy) is 1. The van der Waals surface area contributed by atoms with Crippen molar-refractivity contribution in [1.29, 1.82) is 5.26 Å². The minimum absolute atomic E-state index is 0.00743. The predicted molar refractivity (Wildman–Crippen MR) is 79.6 cm³/mol. The third kappa shape index (κ3) is 4.76. The Kier molecular flexibility index (Phi) is 5.59. The summed E-state index contributed by atoms with van der Waals surface area (Å²) in [5.41, 5.74) is 5.98. The molecule has 5 nitrogen and oxygen atoms in total. The van der Waals surface area contributed by atoms with Crippen LogP contribution in [0, 0.1) is 17.2 Å². The van der Waals surface area contributed by atoms with Crippen LogP contribution in [0.4, 0.5) is 0 Å². The molecule has 0 spiro atoms. The number of nitrogens with zero attached hydrogens (tertiary/aromatic N) is 2. The van der Waals surface area contributed by atoms with E-state index in [1.807, 2.05) is 12.1 Å². The minimum Gasteiger partial charge on any atom is -0.494 e. The highest BCUT2D eigenvalue weighted by atomic mass is 16.5. The fourth-order valence-corrected chi connectivity index (χ4v) is 2.62. The molecule has 1 aliphatic rings. The van der Waals surface area contributed by atoms with Gasteiger partial charge in [0.25, 0.3) is 0 Å². The molecule has 1 aromatic carbocycles. The highest BCUT2D eigenvalue weighted by Crippen LogP contribution is 2.16. The first-order valence-corrected chi connectivity index (χ1v) is 7.33.